The van der Waals surface area contributed by atoms with Gasteiger partial charge in [0.2, 0.25) is 0 Å². The predicted octanol–water partition coefficient (Wildman–Crippen LogP) is 1.01. The number of hydrogen-bond donors (Lipinski definition) is 0. The normalized spacial score (nSPS) is 14.3. The van der Waals surface area contributed by atoms with Crippen molar-refractivity contribution in [1.82, 2.24) is 25.3 Å². The van der Waals surface area contributed by atoms with E-state index in [1.165, 1.54) is 11.0 Å². The minimum atomic E-state index is -0.716. The molecule has 0 aliphatic carbocycles. The topological polar surface area (TPSA) is 107 Å². The molecule has 124 valence electrons. The number of imide groups is 1. The largest absolute Gasteiger partial charge is 0.343 e. The molecular weight excluding hydrogens is 358 g/mol. The van der Waals surface area contributed by atoms with Crippen LogP contribution in [0.1, 0.15) is 12.8 Å². The van der Waals surface area contributed by atoms with E-state index in [1.54, 1.807) is 18.2 Å². The minimum absolute atomic E-state index is 0.0526. The van der Waals surface area contributed by atoms with Crippen molar-refractivity contribution in [3.05, 3.63) is 29.5 Å². The van der Waals surface area contributed by atoms with Crippen LogP contribution >= 0.6 is 23.4 Å². The van der Waals surface area contributed by atoms with Crippen LogP contribution in [-0.2, 0) is 19.2 Å². The first kappa shape index (κ1) is 16.4. The Hall–Kier alpha value is -2.46. The summed E-state index contributed by atoms with van der Waals surface area (Å²) in [6.07, 6.45) is 1.52. The molecule has 3 rings (SSSR count). The van der Waals surface area contributed by atoms with E-state index < -0.39 is 17.8 Å². The minimum Gasteiger partial charge on any atom is -0.329 e. The predicted molar refractivity (Wildman–Crippen MR) is 82.1 cm³/mol. The highest BCUT2D eigenvalue weighted by Crippen LogP contribution is 2.28. The second-order valence-electron chi connectivity index (χ2n) is 4.70. The first-order valence-corrected chi connectivity index (χ1v) is 8.13. The molecule has 2 aromatic rings. The van der Waals surface area contributed by atoms with Crippen molar-refractivity contribution < 1.29 is 19.2 Å². The Morgan fingerprint density at radius 2 is 2.04 bits per heavy atom. The molecule has 1 saturated heterocycles. The van der Waals surface area contributed by atoms with Crippen molar-refractivity contribution in [3.8, 4) is 5.69 Å². The molecule has 0 spiro atoms. The van der Waals surface area contributed by atoms with Crippen molar-refractivity contribution in [1.29, 1.82) is 0 Å². The van der Waals surface area contributed by atoms with Gasteiger partial charge in [-0.05, 0) is 28.6 Å². The number of hydrogen-bond acceptors (Lipinski definition) is 8. The molecule has 0 radical (unpaired) electrons. The number of carbonyl (C=O) groups is 3. The number of aromatic nitrogens is 4. The van der Waals surface area contributed by atoms with Crippen molar-refractivity contribution in [2.45, 2.75) is 17.7 Å². The van der Waals surface area contributed by atoms with Gasteiger partial charge in [-0.25, -0.2) is 4.79 Å². The fraction of sp³-hybridized carbons (Fsp3) is 0.231. The zero-order valence-electron chi connectivity index (χ0n) is 12.1. The van der Waals surface area contributed by atoms with E-state index in [-0.39, 0.29) is 18.6 Å². The van der Waals surface area contributed by atoms with E-state index >= 15 is 0 Å². The van der Waals surface area contributed by atoms with E-state index in [1.807, 2.05) is 0 Å². The van der Waals surface area contributed by atoms with Crippen LogP contribution in [0, 0.1) is 0 Å². The summed E-state index contributed by atoms with van der Waals surface area (Å²) < 4.78 is 1.43. The maximum absolute atomic E-state index is 11.9. The fourth-order valence-electron chi connectivity index (χ4n) is 1.99. The molecule has 2 heterocycles. The molecule has 0 saturated carbocycles. The lowest BCUT2D eigenvalue weighted by atomic mass is 10.3. The molecule has 0 atom stereocenters. The number of hydroxylamine groups is 2. The second-order valence-corrected chi connectivity index (χ2v) is 6.15. The van der Waals surface area contributed by atoms with Gasteiger partial charge in [-0.3, -0.25) is 9.59 Å². The van der Waals surface area contributed by atoms with Crippen molar-refractivity contribution >= 4 is 41.1 Å². The number of rotatable bonds is 5. The lowest BCUT2D eigenvalue weighted by Crippen LogP contribution is -2.32. The summed E-state index contributed by atoms with van der Waals surface area (Å²) in [4.78, 5) is 40.2. The van der Waals surface area contributed by atoms with Gasteiger partial charge in [0.15, 0.2) is 0 Å². The number of nitrogens with zero attached hydrogens (tertiary/aromatic N) is 5. The van der Waals surface area contributed by atoms with Crippen LogP contribution in [0.5, 0.6) is 0 Å². The standard InChI is InChI=1S/C13H10ClN5O4S/c14-8-1-2-9(18-7-15-16-17-18)10(5-8)24-6-13(22)23-19-11(20)3-4-12(19)21/h1-2,5,7H,3-4,6H2. The van der Waals surface area contributed by atoms with Gasteiger partial charge in [0, 0.05) is 22.8 Å². The highest BCUT2D eigenvalue weighted by Gasteiger charge is 2.32. The Morgan fingerprint density at radius 1 is 1.29 bits per heavy atom. The summed E-state index contributed by atoms with van der Waals surface area (Å²) in [6, 6.07) is 5.03. The number of carbonyl (C=O) groups excluding carboxylic acids is 3. The van der Waals surface area contributed by atoms with Gasteiger partial charge in [-0.2, -0.15) is 4.68 Å². The summed E-state index contributed by atoms with van der Waals surface area (Å²) in [5.74, 6) is -1.87. The van der Waals surface area contributed by atoms with Crippen molar-refractivity contribution in [2.75, 3.05) is 5.75 Å². The molecule has 1 fully saturated rings. The molecule has 0 unspecified atom stereocenters. The van der Waals surface area contributed by atoms with Gasteiger partial charge in [0.05, 0.1) is 11.4 Å². The summed E-state index contributed by atoms with van der Waals surface area (Å²) in [7, 11) is 0. The fourth-order valence-corrected chi connectivity index (χ4v) is 3.07. The second kappa shape index (κ2) is 6.97. The molecule has 0 bridgehead atoms. The SMILES string of the molecule is O=C(CSc1cc(Cl)ccc1-n1cnnn1)ON1C(=O)CCC1=O. The van der Waals surface area contributed by atoms with E-state index in [0.717, 1.165) is 11.8 Å². The van der Waals surface area contributed by atoms with Crippen LogP contribution in [-0.4, -0.2) is 48.8 Å². The maximum atomic E-state index is 11.9. The van der Waals surface area contributed by atoms with E-state index in [0.29, 0.717) is 20.7 Å². The first-order valence-electron chi connectivity index (χ1n) is 6.77. The average molecular weight is 368 g/mol. The highest BCUT2D eigenvalue weighted by molar-refractivity contribution is 8.00. The quantitative estimate of drug-likeness (QED) is 0.569. The monoisotopic (exact) mass is 367 g/mol. The van der Waals surface area contributed by atoms with E-state index in [2.05, 4.69) is 15.5 Å². The lowest BCUT2D eigenvalue weighted by Gasteiger charge is -2.13. The zero-order valence-corrected chi connectivity index (χ0v) is 13.7. The Morgan fingerprint density at radius 3 is 2.71 bits per heavy atom. The molecule has 1 aromatic carbocycles. The van der Waals surface area contributed by atoms with Crippen molar-refractivity contribution in [3.63, 3.8) is 0 Å². The zero-order chi connectivity index (χ0) is 17.1. The third-order valence-corrected chi connectivity index (χ3v) is 4.32. The average Bonchev–Trinajstić information content (AvgIpc) is 3.19. The van der Waals surface area contributed by atoms with Crippen LogP contribution in [0.3, 0.4) is 0 Å². The Balaban J connectivity index is 1.68. The van der Waals surface area contributed by atoms with Gasteiger partial charge in [-0.1, -0.05) is 11.6 Å². The molecule has 11 heteroatoms. The molecule has 24 heavy (non-hydrogen) atoms. The maximum Gasteiger partial charge on any atom is 0.343 e. The van der Waals surface area contributed by atoms with Gasteiger partial charge in [0.1, 0.15) is 6.33 Å². The number of tetrazole rings is 1. The number of halogens is 1. The van der Waals surface area contributed by atoms with Gasteiger partial charge in [-0.15, -0.1) is 21.9 Å². The van der Waals surface area contributed by atoms with E-state index in [9.17, 15) is 14.4 Å². The number of thioether (sulfide) groups is 1. The van der Waals surface area contributed by atoms with E-state index in [4.69, 9.17) is 16.4 Å². The highest BCUT2D eigenvalue weighted by atomic mass is 35.5. The van der Waals surface area contributed by atoms with Crippen LogP contribution < -0.4 is 0 Å². The van der Waals surface area contributed by atoms with Gasteiger partial charge < -0.3 is 4.84 Å². The van der Waals surface area contributed by atoms with Crippen molar-refractivity contribution in [2.24, 2.45) is 0 Å². The lowest BCUT2D eigenvalue weighted by molar-refractivity contribution is -0.195. The molecule has 0 N–H and O–H groups in total. The Labute approximate surface area is 144 Å². The summed E-state index contributed by atoms with van der Waals surface area (Å²) >= 11 is 7.11. The molecule has 1 aromatic heterocycles. The molecule has 1 aliphatic heterocycles. The molecule has 9 nitrogen and oxygen atoms in total. The van der Waals surface area contributed by atoms with Gasteiger partial charge in [0.25, 0.3) is 11.8 Å². The molecule has 2 amide bonds. The van der Waals surface area contributed by atoms with Crippen LogP contribution in [0.4, 0.5) is 0 Å². The van der Waals surface area contributed by atoms with Crippen LogP contribution in [0.15, 0.2) is 29.4 Å². The summed E-state index contributed by atoms with van der Waals surface area (Å²) in [5.41, 5.74) is 0.635. The smallest absolute Gasteiger partial charge is 0.329 e. The Bertz CT molecular complexity index is 782. The summed E-state index contributed by atoms with van der Waals surface area (Å²) in [6.45, 7) is 0. The molecular formula is C13H10ClN5O4S. The van der Waals surface area contributed by atoms with Crippen LogP contribution in [0.2, 0.25) is 5.02 Å². The third-order valence-electron chi connectivity index (χ3n) is 3.06. The number of benzene rings is 1. The third kappa shape index (κ3) is 3.54. The van der Waals surface area contributed by atoms with Crippen LogP contribution in [0.25, 0.3) is 5.69 Å². The molecule has 1 aliphatic rings. The Kier molecular flexibility index (Phi) is 4.76. The van der Waals surface area contributed by atoms with Gasteiger partial charge >= 0.3 is 5.97 Å². The number of amides is 2. The first-order chi connectivity index (χ1) is 11.5. The summed E-state index contributed by atoms with van der Waals surface area (Å²) in [5, 5.41) is 11.9.